The van der Waals surface area contributed by atoms with Crippen molar-refractivity contribution < 1.29 is 5.11 Å². The Hall–Kier alpha value is -2.64. The largest absolute Gasteiger partial charge is 0.392 e. The summed E-state index contributed by atoms with van der Waals surface area (Å²) < 4.78 is 0. The zero-order chi connectivity index (χ0) is 13.9. The summed E-state index contributed by atoms with van der Waals surface area (Å²) in [4.78, 5) is 7.30. The second-order valence-corrected chi connectivity index (χ2v) is 4.62. The van der Waals surface area contributed by atoms with Crippen LogP contribution in [0.25, 0.3) is 22.2 Å². The summed E-state index contributed by atoms with van der Waals surface area (Å²) in [5.41, 5.74) is 5.60. The van der Waals surface area contributed by atoms with E-state index in [9.17, 15) is 5.11 Å². The summed E-state index contributed by atoms with van der Waals surface area (Å²) in [6.45, 7) is -0.0270. The average Bonchev–Trinajstić information content (AvgIpc) is 2.95. The monoisotopic (exact) mass is 263 g/mol. The number of rotatable bonds is 3. The Balaban J connectivity index is 2.15. The van der Waals surface area contributed by atoms with Crippen molar-refractivity contribution in [2.24, 2.45) is 0 Å². The average molecular weight is 263 g/mol. The number of aromatic nitrogens is 2. The fourth-order valence-electron chi connectivity index (χ4n) is 2.33. The summed E-state index contributed by atoms with van der Waals surface area (Å²) >= 11 is 0. The van der Waals surface area contributed by atoms with Crippen LogP contribution < -0.4 is 0 Å². The number of benzene rings is 2. The smallest absolute Gasteiger partial charge is 0.0931 e. The molecular formula is C16H13N3O. The van der Waals surface area contributed by atoms with Gasteiger partial charge in [-0.15, -0.1) is 0 Å². The third kappa shape index (κ3) is 2.15. The van der Waals surface area contributed by atoms with Gasteiger partial charge in [-0.05, 0) is 40.5 Å². The molecule has 0 atom stereocenters. The van der Waals surface area contributed by atoms with E-state index in [-0.39, 0.29) is 6.61 Å². The lowest BCUT2D eigenvalue weighted by Crippen LogP contribution is -1.92. The van der Waals surface area contributed by atoms with Gasteiger partial charge in [-0.2, -0.15) is 5.26 Å². The number of H-pyrrole nitrogens is 1. The van der Waals surface area contributed by atoms with E-state index in [0.29, 0.717) is 6.42 Å². The minimum atomic E-state index is -0.0270. The molecule has 0 amide bonds. The molecule has 0 saturated carbocycles. The molecule has 2 N–H and O–H groups in total. The first kappa shape index (κ1) is 12.4. The minimum Gasteiger partial charge on any atom is -0.392 e. The maximum absolute atomic E-state index is 9.49. The van der Waals surface area contributed by atoms with Crippen molar-refractivity contribution in [2.45, 2.75) is 13.0 Å². The van der Waals surface area contributed by atoms with Gasteiger partial charge in [0.05, 0.1) is 36.5 Å². The van der Waals surface area contributed by atoms with Crippen molar-refractivity contribution in [1.29, 1.82) is 5.26 Å². The van der Waals surface area contributed by atoms with E-state index in [4.69, 9.17) is 5.26 Å². The summed E-state index contributed by atoms with van der Waals surface area (Å²) in [6.07, 6.45) is 2.02. The van der Waals surface area contributed by atoms with Crippen LogP contribution in [0, 0.1) is 11.3 Å². The zero-order valence-corrected chi connectivity index (χ0v) is 10.8. The standard InChI is InChI=1S/C16H13N3O/c17-6-5-11-1-2-13(9-20)14(7-11)12-3-4-15-16(8-12)19-10-18-15/h1-4,7-8,10,20H,5,9H2,(H,18,19). The highest BCUT2D eigenvalue weighted by Crippen LogP contribution is 2.27. The molecule has 0 unspecified atom stereocenters. The van der Waals surface area contributed by atoms with Crippen LogP contribution in [0.1, 0.15) is 11.1 Å². The number of hydrogen-bond acceptors (Lipinski definition) is 3. The first-order valence-corrected chi connectivity index (χ1v) is 6.35. The van der Waals surface area contributed by atoms with E-state index in [1.54, 1.807) is 6.33 Å². The molecule has 4 heteroatoms. The SMILES string of the molecule is N#CCc1ccc(CO)c(-c2ccc3[nH]cnc3c2)c1. The predicted octanol–water partition coefficient (Wildman–Crippen LogP) is 2.79. The van der Waals surface area contributed by atoms with E-state index in [0.717, 1.165) is 33.3 Å². The van der Waals surface area contributed by atoms with Crippen LogP contribution >= 0.6 is 0 Å². The molecule has 3 rings (SSSR count). The van der Waals surface area contributed by atoms with E-state index in [2.05, 4.69) is 16.0 Å². The Kier molecular flexibility index (Phi) is 3.20. The van der Waals surface area contributed by atoms with Crippen LogP contribution in [-0.2, 0) is 13.0 Å². The summed E-state index contributed by atoms with van der Waals surface area (Å²) in [5, 5.41) is 18.3. The number of imidazole rings is 1. The first-order chi connectivity index (χ1) is 9.81. The van der Waals surface area contributed by atoms with Crippen LogP contribution in [0.4, 0.5) is 0 Å². The number of nitrogens with zero attached hydrogens (tertiary/aromatic N) is 2. The van der Waals surface area contributed by atoms with Crippen molar-refractivity contribution in [2.75, 3.05) is 0 Å². The number of aliphatic hydroxyl groups is 1. The zero-order valence-electron chi connectivity index (χ0n) is 10.8. The lowest BCUT2D eigenvalue weighted by Gasteiger charge is -2.09. The van der Waals surface area contributed by atoms with Gasteiger partial charge >= 0.3 is 0 Å². The van der Waals surface area contributed by atoms with Gasteiger partial charge in [-0.25, -0.2) is 4.98 Å². The van der Waals surface area contributed by atoms with Crippen LogP contribution in [0.15, 0.2) is 42.7 Å². The number of aliphatic hydroxyl groups excluding tert-OH is 1. The second-order valence-electron chi connectivity index (χ2n) is 4.62. The molecule has 0 aliphatic heterocycles. The van der Waals surface area contributed by atoms with Gasteiger partial charge < -0.3 is 10.1 Å². The molecule has 0 radical (unpaired) electrons. The second kappa shape index (κ2) is 5.16. The molecule has 98 valence electrons. The topological polar surface area (TPSA) is 72.7 Å². The van der Waals surface area contributed by atoms with E-state index in [1.807, 2.05) is 36.4 Å². The Morgan fingerprint density at radius 3 is 2.90 bits per heavy atom. The Morgan fingerprint density at radius 2 is 2.10 bits per heavy atom. The van der Waals surface area contributed by atoms with Crippen molar-refractivity contribution in [1.82, 2.24) is 9.97 Å². The van der Waals surface area contributed by atoms with Crippen LogP contribution in [0.5, 0.6) is 0 Å². The van der Waals surface area contributed by atoms with Gasteiger partial charge in [-0.3, -0.25) is 0 Å². The number of fused-ring (bicyclic) bond motifs is 1. The van der Waals surface area contributed by atoms with Crippen LogP contribution in [0.3, 0.4) is 0 Å². The van der Waals surface area contributed by atoms with Crippen molar-refractivity contribution >= 4 is 11.0 Å². The summed E-state index contributed by atoms with van der Waals surface area (Å²) in [5.74, 6) is 0. The molecule has 0 bridgehead atoms. The molecular weight excluding hydrogens is 250 g/mol. The van der Waals surface area contributed by atoms with Crippen molar-refractivity contribution in [3.05, 3.63) is 53.9 Å². The molecule has 3 aromatic rings. The number of nitrogens with one attached hydrogen (secondary N) is 1. The Morgan fingerprint density at radius 1 is 1.20 bits per heavy atom. The first-order valence-electron chi connectivity index (χ1n) is 6.35. The molecule has 1 heterocycles. The Labute approximate surface area is 116 Å². The van der Waals surface area contributed by atoms with E-state index in [1.165, 1.54) is 0 Å². The highest BCUT2D eigenvalue weighted by atomic mass is 16.3. The maximum Gasteiger partial charge on any atom is 0.0931 e. The van der Waals surface area contributed by atoms with Gasteiger partial charge in [0, 0.05) is 0 Å². The van der Waals surface area contributed by atoms with Gasteiger partial charge in [0.15, 0.2) is 0 Å². The fourth-order valence-corrected chi connectivity index (χ4v) is 2.33. The normalized spacial score (nSPS) is 10.6. The summed E-state index contributed by atoms with van der Waals surface area (Å²) in [6, 6.07) is 13.8. The van der Waals surface area contributed by atoms with Crippen molar-refractivity contribution in [3.63, 3.8) is 0 Å². The highest BCUT2D eigenvalue weighted by molar-refractivity contribution is 5.82. The molecule has 20 heavy (non-hydrogen) atoms. The number of aromatic amines is 1. The number of hydrogen-bond donors (Lipinski definition) is 2. The lowest BCUT2D eigenvalue weighted by atomic mass is 9.96. The summed E-state index contributed by atoms with van der Waals surface area (Å²) in [7, 11) is 0. The Bertz CT molecular complexity index is 799. The third-order valence-corrected chi connectivity index (χ3v) is 3.36. The maximum atomic E-state index is 9.49. The molecule has 1 aromatic heterocycles. The third-order valence-electron chi connectivity index (χ3n) is 3.36. The van der Waals surface area contributed by atoms with Crippen molar-refractivity contribution in [3.8, 4) is 17.2 Å². The lowest BCUT2D eigenvalue weighted by molar-refractivity contribution is 0.282. The molecule has 0 aliphatic carbocycles. The van der Waals surface area contributed by atoms with Gasteiger partial charge in [0.25, 0.3) is 0 Å². The van der Waals surface area contributed by atoms with Gasteiger partial charge in [0.1, 0.15) is 0 Å². The fraction of sp³-hybridized carbons (Fsp3) is 0.125. The highest BCUT2D eigenvalue weighted by Gasteiger charge is 2.07. The van der Waals surface area contributed by atoms with Crippen LogP contribution in [-0.4, -0.2) is 15.1 Å². The minimum absolute atomic E-state index is 0.0270. The predicted molar refractivity (Wildman–Crippen MR) is 76.8 cm³/mol. The van der Waals surface area contributed by atoms with E-state index < -0.39 is 0 Å². The molecule has 0 fully saturated rings. The molecule has 0 aliphatic rings. The molecule has 0 spiro atoms. The number of nitriles is 1. The molecule has 2 aromatic carbocycles. The molecule has 0 saturated heterocycles. The van der Waals surface area contributed by atoms with Gasteiger partial charge in [-0.1, -0.05) is 18.2 Å². The van der Waals surface area contributed by atoms with Gasteiger partial charge in [0.2, 0.25) is 0 Å². The quantitative estimate of drug-likeness (QED) is 0.763. The van der Waals surface area contributed by atoms with Crippen LogP contribution in [0.2, 0.25) is 0 Å². The van der Waals surface area contributed by atoms with E-state index >= 15 is 0 Å². The molecule has 4 nitrogen and oxygen atoms in total.